The van der Waals surface area contributed by atoms with Crippen molar-refractivity contribution < 1.29 is 0 Å². The lowest BCUT2D eigenvalue weighted by Crippen LogP contribution is -2.44. The van der Waals surface area contributed by atoms with Crippen molar-refractivity contribution in [3.05, 3.63) is 52.0 Å². The van der Waals surface area contributed by atoms with Gasteiger partial charge in [0, 0.05) is 30.7 Å². The molecule has 1 aromatic heterocycles. The van der Waals surface area contributed by atoms with E-state index in [1.54, 1.807) is 11.3 Å². The molecule has 3 rings (SSSR count). The van der Waals surface area contributed by atoms with Gasteiger partial charge in [-0.15, -0.1) is 11.3 Å². The first-order chi connectivity index (χ1) is 10.2. The van der Waals surface area contributed by atoms with Crippen molar-refractivity contribution in [3.63, 3.8) is 0 Å². The second-order valence-electron chi connectivity index (χ2n) is 5.85. The number of hydrogen-bond acceptors (Lipinski definition) is 4. The number of nitrogens with zero attached hydrogens (tertiary/aromatic N) is 2. The molecule has 0 amide bonds. The van der Waals surface area contributed by atoms with Crippen LogP contribution in [0.3, 0.4) is 0 Å². The van der Waals surface area contributed by atoms with Gasteiger partial charge < -0.3 is 5.32 Å². The van der Waals surface area contributed by atoms with Crippen LogP contribution in [0.5, 0.6) is 0 Å². The molecule has 0 spiro atoms. The SMILES string of the molecule is CCNC1(c2nc(C)cs2)CCN(Cc2ccccc2)C1. The van der Waals surface area contributed by atoms with E-state index in [0.717, 1.165) is 38.3 Å². The zero-order chi connectivity index (χ0) is 14.7. The fourth-order valence-corrected chi connectivity index (χ4v) is 4.17. The Bertz CT molecular complexity index is 581. The lowest BCUT2D eigenvalue weighted by atomic mass is 9.99. The smallest absolute Gasteiger partial charge is 0.114 e. The molecule has 21 heavy (non-hydrogen) atoms. The summed E-state index contributed by atoms with van der Waals surface area (Å²) >= 11 is 1.79. The Labute approximate surface area is 131 Å². The molecule has 1 aliphatic heterocycles. The summed E-state index contributed by atoms with van der Waals surface area (Å²) in [6.07, 6.45) is 1.14. The summed E-state index contributed by atoms with van der Waals surface area (Å²) in [5, 5.41) is 7.12. The van der Waals surface area contributed by atoms with E-state index in [2.05, 4.69) is 59.8 Å². The Morgan fingerprint density at radius 3 is 2.81 bits per heavy atom. The molecule has 1 saturated heterocycles. The molecule has 0 radical (unpaired) electrons. The number of aromatic nitrogens is 1. The van der Waals surface area contributed by atoms with E-state index in [1.165, 1.54) is 10.6 Å². The summed E-state index contributed by atoms with van der Waals surface area (Å²) in [5.41, 5.74) is 2.57. The first-order valence-corrected chi connectivity index (χ1v) is 8.54. The molecule has 1 N–H and O–H groups in total. The molecule has 0 bridgehead atoms. The van der Waals surface area contributed by atoms with Crippen molar-refractivity contribution in [1.29, 1.82) is 0 Å². The lowest BCUT2D eigenvalue weighted by molar-refractivity contribution is 0.278. The van der Waals surface area contributed by atoms with Crippen LogP contribution in [-0.4, -0.2) is 29.5 Å². The Hall–Kier alpha value is -1.23. The zero-order valence-electron chi connectivity index (χ0n) is 12.8. The minimum absolute atomic E-state index is 0.0441. The van der Waals surface area contributed by atoms with Crippen LogP contribution in [-0.2, 0) is 12.1 Å². The van der Waals surface area contributed by atoms with Crippen LogP contribution in [0.25, 0.3) is 0 Å². The molecule has 1 aromatic carbocycles. The van der Waals surface area contributed by atoms with E-state index in [0.29, 0.717) is 0 Å². The van der Waals surface area contributed by atoms with E-state index < -0.39 is 0 Å². The Kier molecular flexibility index (Phi) is 4.38. The first-order valence-electron chi connectivity index (χ1n) is 7.66. The van der Waals surface area contributed by atoms with Gasteiger partial charge in [-0.2, -0.15) is 0 Å². The number of likely N-dealkylation sites (N-methyl/N-ethyl adjacent to an activating group) is 1. The van der Waals surface area contributed by atoms with Crippen molar-refractivity contribution >= 4 is 11.3 Å². The molecular weight excluding hydrogens is 278 g/mol. The van der Waals surface area contributed by atoms with Gasteiger partial charge in [0.25, 0.3) is 0 Å². The molecule has 2 heterocycles. The van der Waals surface area contributed by atoms with Crippen molar-refractivity contribution in [1.82, 2.24) is 15.2 Å². The highest BCUT2D eigenvalue weighted by Crippen LogP contribution is 2.34. The third kappa shape index (κ3) is 3.18. The average Bonchev–Trinajstić information content (AvgIpc) is 3.08. The fourth-order valence-electron chi connectivity index (χ4n) is 3.17. The van der Waals surface area contributed by atoms with E-state index in [9.17, 15) is 0 Å². The highest BCUT2D eigenvalue weighted by atomic mass is 32.1. The van der Waals surface area contributed by atoms with Crippen LogP contribution >= 0.6 is 11.3 Å². The van der Waals surface area contributed by atoms with Crippen LogP contribution < -0.4 is 5.32 Å². The Balaban J connectivity index is 1.75. The van der Waals surface area contributed by atoms with Crippen molar-refractivity contribution in [2.24, 2.45) is 0 Å². The molecule has 112 valence electrons. The number of nitrogens with one attached hydrogen (secondary N) is 1. The van der Waals surface area contributed by atoms with Crippen LogP contribution in [0, 0.1) is 6.92 Å². The summed E-state index contributed by atoms with van der Waals surface area (Å²) in [6.45, 7) is 8.44. The normalized spacial score (nSPS) is 22.8. The van der Waals surface area contributed by atoms with Crippen molar-refractivity contribution in [2.45, 2.75) is 32.4 Å². The predicted molar refractivity (Wildman–Crippen MR) is 88.5 cm³/mol. The second kappa shape index (κ2) is 6.26. The topological polar surface area (TPSA) is 28.2 Å². The average molecular weight is 301 g/mol. The Morgan fingerprint density at radius 2 is 2.14 bits per heavy atom. The molecule has 0 saturated carbocycles. The van der Waals surface area contributed by atoms with Gasteiger partial charge in [0.15, 0.2) is 0 Å². The van der Waals surface area contributed by atoms with Crippen molar-refractivity contribution in [2.75, 3.05) is 19.6 Å². The first kappa shape index (κ1) is 14.7. The van der Waals surface area contributed by atoms with E-state index in [-0.39, 0.29) is 5.54 Å². The molecule has 1 aliphatic rings. The molecule has 1 unspecified atom stereocenters. The quantitative estimate of drug-likeness (QED) is 0.919. The number of rotatable bonds is 5. The van der Waals surface area contributed by atoms with Gasteiger partial charge in [-0.3, -0.25) is 4.90 Å². The molecular formula is C17H23N3S. The number of benzene rings is 1. The largest absolute Gasteiger partial charge is 0.305 e. The van der Waals surface area contributed by atoms with Crippen LogP contribution in [0.1, 0.15) is 29.6 Å². The maximum Gasteiger partial charge on any atom is 0.114 e. The second-order valence-corrected chi connectivity index (χ2v) is 6.71. The maximum atomic E-state index is 4.75. The number of likely N-dealkylation sites (tertiary alicyclic amines) is 1. The highest BCUT2D eigenvalue weighted by Gasteiger charge is 2.41. The Morgan fingerprint density at radius 1 is 1.33 bits per heavy atom. The molecule has 3 nitrogen and oxygen atoms in total. The maximum absolute atomic E-state index is 4.75. The molecule has 2 aromatic rings. The minimum atomic E-state index is 0.0441. The molecule has 1 fully saturated rings. The molecule has 1 atom stereocenters. The van der Waals surface area contributed by atoms with Gasteiger partial charge >= 0.3 is 0 Å². The van der Waals surface area contributed by atoms with Crippen LogP contribution in [0.15, 0.2) is 35.7 Å². The minimum Gasteiger partial charge on any atom is -0.305 e. The van der Waals surface area contributed by atoms with Crippen LogP contribution in [0.2, 0.25) is 0 Å². The van der Waals surface area contributed by atoms with Gasteiger partial charge in [-0.1, -0.05) is 37.3 Å². The van der Waals surface area contributed by atoms with E-state index in [1.807, 2.05) is 0 Å². The highest BCUT2D eigenvalue weighted by molar-refractivity contribution is 7.09. The monoisotopic (exact) mass is 301 g/mol. The summed E-state index contributed by atoms with van der Waals surface area (Å²) in [6, 6.07) is 10.7. The molecule has 0 aliphatic carbocycles. The standard InChI is InChI=1S/C17H23N3S/c1-3-18-17(16-19-14(2)12-21-16)9-10-20(13-17)11-15-7-5-4-6-8-15/h4-8,12,18H,3,9-11,13H2,1-2H3. The number of aryl methyl sites for hydroxylation is 1. The third-order valence-corrected chi connectivity index (χ3v) is 5.31. The van der Waals surface area contributed by atoms with Gasteiger partial charge in [0.2, 0.25) is 0 Å². The zero-order valence-corrected chi connectivity index (χ0v) is 13.6. The van der Waals surface area contributed by atoms with Crippen LogP contribution in [0.4, 0.5) is 0 Å². The summed E-state index contributed by atoms with van der Waals surface area (Å²) in [5.74, 6) is 0. The van der Waals surface area contributed by atoms with Gasteiger partial charge in [-0.05, 0) is 25.5 Å². The summed E-state index contributed by atoms with van der Waals surface area (Å²) in [4.78, 5) is 7.29. The predicted octanol–water partition coefficient (Wildman–Crippen LogP) is 3.16. The van der Waals surface area contributed by atoms with Gasteiger partial charge in [0.1, 0.15) is 5.01 Å². The fraction of sp³-hybridized carbons (Fsp3) is 0.471. The van der Waals surface area contributed by atoms with E-state index in [4.69, 9.17) is 4.98 Å². The van der Waals surface area contributed by atoms with Gasteiger partial charge in [0.05, 0.1) is 5.54 Å². The third-order valence-electron chi connectivity index (χ3n) is 4.14. The number of hydrogen-bond donors (Lipinski definition) is 1. The lowest BCUT2D eigenvalue weighted by Gasteiger charge is -2.28. The summed E-state index contributed by atoms with van der Waals surface area (Å²) in [7, 11) is 0. The summed E-state index contributed by atoms with van der Waals surface area (Å²) < 4.78 is 0. The van der Waals surface area contributed by atoms with Crippen molar-refractivity contribution in [3.8, 4) is 0 Å². The van der Waals surface area contributed by atoms with E-state index >= 15 is 0 Å². The molecule has 4 heteroatoms. The van der Waals surface area contributed by atoms with Gasteiger partial charge in [-0.25, -0.2) is 4.98 Å². The number of thiazole rings is 1.